The van der Waals surface area contributed by atoms with E-state index in [0.717, 1.165) is 87.0 Å². The summed E-state index contributed by atoms with van der Waals surface area (Å²) in [5, 5.41) is 5.88. The van der Waals surface area contributed by atoms with Gasteiger partial charge in [0.2, 0.25) is 0 Å². The van der Waals surface area contributed by atoms with E-state index in [9.17, 15) is 4.79 Å². The van der Waals surface area contributed by atoms with Gasteiger partial charge in [-0.1, -0.05) is 0 Å². The van der Waals surface area contributed by atoms with Crippen LogP contribution in [0.2, 0.25) is 0 Å². The highest BCUT2D eigenvalue weighted by Gasteiger charge is 2.40. The van der Waals surface area contributed by atoms with Crippen LogP contribution < -0.4 is 20.4 Å². The standard InChI is InChI=1S/C31H37N7O3/c1-36-13-15-37(16-14-36)24-8-6-23(7-9-24)33-31(39)32-22-4-2-21(3-5-22)29-34-28-12-17-40-20-27(28)30(35-29)38-25-10-11-26(38)19-41-18-25/h2-9,25-26H,10-20H2,1H3,(H2,32,33,39). The summed E-state index contributed by atoms with van der Waals surface area (Å²) in [6.07, 6.45) is 3.04. The Morgan fingerprint density at radius 2 is 1.51 bits per heavy atom. The molecule has 3 saturated heterocycles. The molecule has 0 radical (unpaired) electrons. The van der Waals surface area contributed by atoms with Crippen molar-refractivity contribution in [1.29, 1.82) is 0 Å². The maximum atomic E-state index is 12.7. The fourth-order valence-corrected chi connectivity index (χ4v) is 6.35. The summed E-state index contributed by atoms with van der Waals surface area (Å²) in [6.45, 7) is 6.87. The molecule has 1 aromatic heterocycles. The van der Waals surface area contributed by atoms with Crippen LogP contribution in [0.5, 0.6) is 0 Å². The fraction of sp³-hybridized carbons (Fsp3) is 0.452. The largest absolute Gasteiger partial charge is 0.377 e. The zero-order valence-electron chi connectivity index (χ0n) is 23.5. The fourth-order valence-electron chi connectivity index (χ4n) is 6.35. The SMILES string of the molecule is CN1CCN(c2ccc(NC(=O)Nc3ccc(-c4nc5c(c(N6C7CCC6COC7)n4)COCC5)cc3)cc2)CC1. The summed E-state index contributed by atoms with van der Waals surface area (Å²) in [5.41, 5.74) is 5.76. The highest BCUT2D eigenvalue weighted by Crippen LogP contribution is 2.38. The van der Waals surface area contributed by atoms with Crippen LogP contribution in [-0.2, 0) is 22.5 Å². The van der Waals surface area contributed by atoms with Gasteiger partial charge in [-0.05, 0) is 68.4 Å². The molecule has 3 aromatic rings. The van der Waals surface area contributed by atoms with Gasteiger partial charge in [0.15, 0.2) is 5.82 Å². The predicted molar refractivity (Wildman–Crippen MR) is 160 cm³/mol. The first-order valence-corrected chi connectivity index (χ1v) is 14.7. The zero-order valence-corrected chi connectivity index (χ0v) is 23.5. The van der Waals surface area contributed by atoms with E-state index >= 15 is 0 Å². The minimum absolute atomic E-state index is 0.278. The third kappa shape index (κ3) is 5.47. The van der Waals surface area contributed by atoms with Crippen LogP contribution in [0.25, 0.3) is 11.4 Å². The van der Waals surface area contributed by atoms with E-state index < -0.39 is 0 Å². The van der Waals surface area contributed by atoms with Crippen molar-refractivity contribution in [2.75, 3.05) is 73.5 Å². The Morgan fingerprint density at radius 3 is 2.20 bits per heavy atom. The molecule has 214 valence electrons. The number of hydrogen-bond acceptors (Lipinski definition) is 8. The number of amides is 2. The van der Waals surface area contributed by atoms with Crippen molar-refractivity contribution >= 4 is 28.9 Å². The van der Waals surface area contributed by atoms with Crippen molar-refractivity contribution in [3.05, 3.63) is 59.8 Å². The van der Waals surface area contributed by atoms with E-state index in [2.05, 4.69) is 44.5 Å². The number of piperazine rings is 1. The summed E-state index contributed by atoms with van der Waals surface area (Å²) < 4.78 is 11.6. The van der Waals surface area contributed by atoms with Gasteiger partial charge in [-0.25, -0.2) is 14.8 Å². The van der Waals surface area contributed by atoms with E-state index in [1.54, 1.807) is 0 Å². The van der Waals surface area contributed by atoms with Crippen molar-refractivity contribution in [1.82, 2.24) is 14.9 Å². The first-order chi connectivity index (χ1) is 20.1. The number of fused-ring (bicyclic) bond motifs is 3. The molecule has 2 amide bonds. The van der Waals surface area contributed by atoms with Crippen LogP contribution in [0.3, 0.4) is 0 Å². The predicted octanol–water partition coefficient (Wildman–Crippen LogP) is 3.98. The maximum Gasteiger partial charge on any atom is 0.323 e. The summed E-state index contributed by atoms with van der Waals surface area (Å²) in [7, 11) is 2.15. The summed E-state index contributed by atoms with van der Waals surface area (Å²) in [4.78, 5) is 29.9. The number of hydrogen-bond donors (Lipinski definition) is 2. The second kappa shape index (κ2) is 11.3. The Labute approximate surface area is 240 Å². The number of ether oxygens (including phenoxy) is 2. The van der Waals surface area contributed by atoms with E-state index in [0.29, 0.717) is 36.8 Å². The average Bonchev–Trinajstić information content (AvgIpc) is 3.24. The molecular formula is C31H37N7O3. The number of morpholine rings is 1. The van der Waals surface area contributed by atoms with Crippen molar-refractivity contribution in [3.63, 3.8) is 0 Å². The Balaban J connectivity index is 1.03. The second-order valence-corrected chi connectivity index (χ2v) is 11.4. The maximum absolute atomic E-state index is 12.7. The van der Waals surface area contributed by atoms with Crippen LogP contribution >= 0.6 is 0 Å². The molecule has 2 bridgehead atoms. The van der Waals surface area contributed by atoms with E-state index in [4.69, 9.17) is 19.4 Å². The topological polar surface area (TPSA) is 95.1 Å². The third-order valence-electron chi connectivity index (χ3n) is 8.68. The normalized spacial score (nSPS) is 22.4. The summed E-state index contributed by atoms with van der Waals surface area (Å²) >= 11 is 0. The number of carbonyl (C=O) groups excluding carboxylic acids is 1. The van der Waals surface area contributed by atoms with Crippen molar-refractivity contribution < 1.29 is 14.3 Å². The molecule has 41 heavy (non-hydrogen) atoms. The number of nitrogens with one attached hydrogen (secondary N) is 2. The highest BCUT2D eigenvalue weighted by atomic mass is 16.5. The molecule has 3 fully saturated rings. The first-order valence-electron chi connectivity index (χ1n) is 14.7. The zero-order chi connectivity index (χ0) is 27.8. The van der Waals surface area contributed by atoms with E-state index in [1.165, 1.54) is 5.69 Å². The molecular weight excluding hydrogens is 518 g/mol. The van der Waals surface area contributed by atoms with Crippen LogP contribution in [0, 0.1) is 0 Å². The minimum atomic E-state index is -0.278. The Kier molecular flexibility index (Phi) is 7.20. The lowest BCUT2D eigenvalue weighted by atomic mass is 10.1. The first kappa shape index (κ1) is 26.2. The van der Waals surface area contributed by atoms with Crippen molar-refractivity contribution in [3.8, 4) is 11.4 Å². The van der Waals surface area contributed by atoms with Gasteiger partial charge in [0.1, 0.15) is 5.82 Å². The molecule has 2 atom stereocenters. The summed E-state index contributed by atoms with van der Waals surface area (Å²) in [5.74, 6) is 1.71. The van der Waals surface area contributed by atoms with Gasteiger partial charge in [0.05, 0.1) is 44.2 Å². The summed E-state index contributed by atoms with van der Waals surface area (Å²) in [6, 6.07) is 16.2. The minimum Gasteiger partial charge on any atom is -0.377 e. The smallest absolute Gasteiger partial charge is 0.323 e. The number of rotatable bonds is 5. The van der Waals surface area contributed by atoms with Gasteiger partial charge in [-0.3, -0.25) is 0 Å². The van der Waals surface area contributed by atoms with Gasteiger partial charge in [0, 0.05) is 60.8 Å². The quantitative estimate of drug-likeness (QED) is 0.488. The van der Waals surface area contributed by atoms with Crippen molar-refractivity contribution in [2.24, 2.45) is 0 Å². The molecule has 2 unspecified atom stereocenters. The number of anilines is 4. The number of urea groups is 1. The number of likely N-dealkylation sites (N-methyl/N-ethyl adjacent to an activating group) is 1. The van der Waals surface area contributed by atoms with E-state index in [1.807, 2.05) is 36.4 Å². The lowest BCUT2D eigenvalue weighted by Crippen LogP contribution is -2.47. The molecule has 4 aliphatic rings. The third-order valence-corrected chi connectivity index (χ3v) is 8.68. The van der Waals surface area contributed by atoms with Gasteiger partial charge < -0.3 is 34.8 Å². The van der Waals surface area contributed by atoms with Crippen molar-refractivity contribution in [2.45, 2.75) is 38.0 Å². The van der Waals surface area contributed by atoms with Crippen LogP contribution in [0.1, 0.15) is 24.1 Å². The molecule has 0 spiro atoms. The molecule has 7 rings (SSSR count). The van der Waals surface area contributed by atoms with E-state index in [-0.39, 0.29) is 6.03 Å². The molecule has 5 heterocycles. The lowest BCUT2D eigenvalue weighted by Gasteiger charge is -2.37. The number of carbonyl (C=O) groups is 1. The average molecular weight is 556 g/mol. The molecule has 10 nitrogen and oxygen atoms in total. The molecule has 10 heteroatoms. The Bertz CT molecular complexity index is 1370. The van der Waals surface area contributed by atoms with Crippen LogP contribution in [0.4, 0.5) is 27.7 Å². The number of aromatic nitrogens is 2. The van der Waals surface area contributed by atoms with Gasteiger partial charge in [-0.2, -0.15) is 0 Å². The second-order valence-electron chi connectivity index (χ2n) is 11.4. The monoisotopic (exact) mass is 555 g/mol. The van der Waals surface area contributed by atoms with Gasteiger partial charge >= 0.3 is 6.03 Å². The molecule has 2 N–H and O–H groups in total. The molecule has 0 saturated carbocycles. The lowest BCUT2D eigenvalue weighted by molar-refractivity contribution is 0.0879. The Hall–Kier alpha value is -3.73. The van der Waals surface area contributed by atoms with Crippen LogP contribution in [0.15, 0.2) is 48.5 Å². The number of benzene rings is 2. The molecule has 4 aliphatic heterocycles. The molecule has 0 aliphatic carbocycles. The highest BCUT2D eigenvalue weighted by molar-refractivity contribution is 5.99. The van der Waals surface area contributed by atoms with Crippen LogP contribution in [-0.4, -0.2) is 86.0 Å². The Morgan fingerprint density at radius 1 is 0.854 bits per heavy atom. The van der Waals surface area contributed by atoms with Gasteiger partial charge in [0.25, 0.3) is 0 Å². The van der Waals surface area contributed by atoms with Gasteiger partial charge in [-0.15, -0.1) is 0 Å². The molecule has 2 aromatic carbocycles. The number of nitrogens with zero attached hydrogens (tertiary/aromatic N) is 5.